The van der Waals surface area contributed by atoms with E-state index in [1.54, 1.807) is 0 Å². The number of hydrogen-bond donors (Lipinski definition) is 2. The Labute approximate surface area is 208 Å². The molecule has 0 aromatic heterocycles. The van der Waals surface area contributed by atoms with Crippen molar-refractivity contribution < 1.29 is 29.2 Å². The molecule has 0 spiro atoms. The van der Waals surface area contributed by atoms with Crippen LogP contribution in [0.5, 0.6) is 0 Å². The monoisotopic (exact) mass is 499 g/mol. The van der Waals surface area contributed by atoms with E-state index in [0.29, 0.717) is 6.54 Å². The van der Waals surface area contributed by atoms with Gasteiger partial charge < -0.3 is 20.5 Å². The highest BCUT2D eigenvalue weighted by molar-refractivity contribution is 6.05. The number of nitrogens with two attached hydrogens (primary N) is 1. The van der Waals surface area contributed by atoms with Crippen LogP contribution in [0.1, 0.15) is 15.9 Å². The average molecular weight is 500 g/mol. The molecular weight excluding hydrogens is 470 g/mol. The normalized spacial score (nSPS) is 15.1. The van der Waals surface area contributed by atoms with Crippen LogP contribution in [0.4, 0.5) is 11.4 Å². The lowest BCUT2D eigenvalue weighted by Crippen LogP contribution is -2.54. The number of nitrogens with zero attached hydrogens (tertiary/aromatic N) is 4. The van der Waals surface area contributed by atoms with Crippen LogP contribution in [0.15, 0.2) is 48.5 Å². The van der Waals surface area contributed by atoms with Gasteiger partial charge in [-0.2, -0.15) is 0 Å². The molecule has 36 heavy (non-hydrogen) atoms. The molecule has 12 nitrogen and oxygen atoms in total. The van der Waals surface area contributed by atoms with Gasteiger partial charge in [0.05, 0.1) is 17.6 Å². The standard InChI is InChI=1S/C24H29N5O7/c1-36-24(33)21(22(25)30)28(19-8-7-18(23(31)32)15-20(19)29(34)35)14-13-26-9-11-27(12-10-26)16-17-5-3-2-4-6-17/h2-8,15,21H,9-14,16H2,1H3,(H2,25,30)(H,31,32). The largest absolute Gasteiger partial charge is 0.478 e. The summed E-state index contributed by atoms with van der Waals surface area (Å²) in [6.45, 7) is 4.32. The third-order valence-corrected chi connectivity index (χ3v) is 6.11. The minimum atomic E-state index is -1.62. The number of esters is 1. The van der Waals surface area contributed by atoms with E-state index >= 15 is 0 Å². The molecule has 3 rings (SSSR count). The first-order valence-electron chi connectivity index (χ1n) is 11.4. The van der Waals surface area contributed by atoms with E-state index in [1.807, 2.05) is 18.2 Å². The number of anilines is 1. The number of nitro benzene ring substituents is 1. The number of ether oxygens (including phenoxy) is 1. The maximum Gasteiger partial charge on any atom is 0.338 e. The van der Waals surface area contributed by atoms with Crippen LogP contribution >= 0.6 is 0 Å². The number of primary amides is 1. The molecule has 1 aliphatic rings. The molecule has 1 atom stereocenters. The van der Waals surface area contributed by atoms with Gasteiger partial charge in [-0.25, -0.2) is 9.59 Å². The number of carbonyl (C=O) groups is 3. The minimum Gasteiger partial charge on any atom is -0.478 e. The predicted molar refractivity (Wildman–Crippen MR) is 131 cm³/mol. The van der Waals surface area contributed by atoms with Gasteiger partial charge in [-0.3, -0.25) is 24.7 Å². The van der Waals surface area contributed by atoms with Crippen LogP contribution in [0.25, 0.3) is 0 Å². The Bertz CT molecular complexity index is 1100. The summed E-state index contributed by atoms with van der Waals surface area (Å²) in [6.07, 6.45) is 0. The van der Waals surface area contributed by atoms with Gasteiger partial charge in [-0.15, -0.1) is 0 Å². The number of carboxylic acids is 1. The molecular formula is C24H29N5O7. The van der Waals surface area contributed by atoms with Crippen molar-refractivity contribution in [2.75, 3.05) is 51.3 Å². The Morgan fingerprint density at radius 2 is 1.75 bits per heavy atom. The summed E-state index contributed by atoms with van der Waals surface area (Å²) in [6, 6.07) is 11.8. The van der Waals surface area contributed by atoms with Gasteiger partial charge in [0.25, 0.3) is 11.6 Å². The van der Waals surface area contributed by atoms with Crippen molar-refractivity contribution in [1.82, 2.24) is 9.80 Å². The Morgan fingerprint density at radius 1 is 1.11 bits per heavy atom. The predicted octanol–water partition coefficient (Wildman–Crippen LogP) is 0.944. The molecule has 1 amide bonds. The quantitative estimate of drug-likeness (QED) is 0.197. The van der Waals surface area contributed by atoms with Gasteiger partial charge >= 0.3 is 11.9 Å². The highest BCUT2D eigenvalue weighted by Gasteiger charge is 2.36. The zero-order valence-corrected chi connectivity index (χ0v) is 19.9. The van der Waals surface area contributed by atoms with Crippen molar-refractivity contribution in [2.24, 2.45) is 5.73 Å². The lowest BCUT2D eigenvalue weighted by molar-refractivity contribution is -0.384. The van der Waals surface area contributed by atoms with E-state index in [-0.39, 0.29) is 17.8 Å². The number of aromatic carboxylic acids is 1. The summed E-state index contributed by atoms with van der Waals surface area (Å²) in [5.74, 6) is -3.35. The molecule has 1 heterocycles. The molecule has 0 bridgehead atoms. The number of carboxylic acid groups (broad SMARTS) is 1. The van der Waals surface area contributed by atoms with Crippen molar-refractivity contribution in [2.45, 2.75) is 12.6 Å². The number of rotatable bonds is 11. The fourth-order valence-electron chi connectivity index (χ4n) is 4.20. The van der Waals surface area contributed by atoms with Crippen LogP contribution in [0.2, 0.25) is 0 Å². The maximum atomic E-state index is 12.4. The van der Waals surface area contributed by atoms with Crippen molar-refractivity contribution in [3.05, 3.63) is 69.8 Å². The van der Waals surface area contributed by atoms with E-state index in [4.69, 9.17) is 10.5 Å². The van der Waals surface area contributed by atoms with Crippen molar-refractivity contribution in [3.8, 4) is 0 Å². The zero-order valence-electron chi connectivity index (χ0n) is 19.9. The second kappa shape index (κ2) is 12.1. The van der Waals surface area contributed by atoms with Crippen molar-refractivity contribution in [1.29, 1.82) is 0 Å². The molecule has 1 unspecified atom stereocenters. The fraction of sp³-hybridized carbons (Fsp3) is 0.375. The number of hydrogen-bond acceptors (Lipinski definition) is 9. The molecule has 0 saturated carbocycles. The molecule has 0 aliphatic carbocycles. The smallest absolute Gasteiger partial charge is 0.338 e. The minimum absolute atomic E-state index is 0.0502. The lowest BCUT2D eigenvalue weighted by Gasteiger charge is -2.37. The molecule has 3 N–H and O–H groups in total. The number of benzene rings is 2. The average Bonchev–Trinajstić information content (AvgIpc) is 2.87. The summed E-state index contributed by atoms with van der Waals surface area (Å²) >= 11 is 0. The zero-order chi connectivity index (χ0) is 26.2. The Morgan fingerprint density at radius 3 is 2.31 bits per heavy atom. The number of methoxy groups -OCH3 is 1. The van der Waals surface area contributed by atoms with Crippen LogP contribution in [0, 0.1) is 10.1 Å². The number of carbonyl (C=O) groups excluding carboxylic acids is 2. The van der Waals surface area contributed by atoms with Crippen LogP contribution < -0.4 is 10.6 Å². The topological polar surface area (TPSA) is 160 Å². The van der Waals surface area contributed by atoms with Crippen molar-refractivity contribution in [3.63, 3.8) is 0 Å². The lowest BCUT2D eigenvalue weighted by atomic mass is 10.1. The molecule has 1 aliphatic heterocycles. The van der Waals surface area contributed by atoms with Gasteiger partial charge in [0.1, 0.15) is 5.69 Å². The second-order valence-electron chi connectivity index (χ2n) is 8.39. The van der Waals surface area contributed by atoms with Crippen LogP contribution in [0.3, 0.4) is 0 Å². The van der Waals surface area contributed by atoms with E-state index in [1.165, 1.54) is 22.6 Å². The first-order chi connectivity index (χ1) is 17.2. The summed E-state index contributed by atoms with van der Waals surface area (Å²) in [7, 11) is 1.09. The third-order valence-electron chi connectivity index (χ3n) is 6.11. The number of piperazine rings is 1. The Kier molecular flexibility index (Phi) is 8.92. The van der Waals surface area contributed by atoms with Gasteiger partial charge in [0.15, 0.2) is 0 Å². The molecule has 1 saturated heterocycles. The molecule has 192 valence electrons. The van der Waals surface area contributed by atoms with Crippen molar-refractivity contribution >= 4 is 29.2 Å². The Balaban J connectivity index is 1.78. The first-order valence-corrected chi connectivity index (χ1v) is 11.4. The van der Waals surface area contributed by atoms with Gasteiger partial charge in [0.2, 0.25) is 6.04 Å². The number of nitro groups is 1. The van der Waals surface area contributed by atoms with E-state index in [0.717, 1.165) is 45.9 Å². The van der Waals surface area contributed by atoms with Gasteiger partial charge in [-0.05, 0) is 17.7 Å². The molecule has 1 fully saturated rings. The summed E-state index contributed by atoms with van der Waals surface area (Å²) in [4.78, 5) is 52.7. The van der Waals surface area contributed by atoms with E-state index < -0.39 is 34.5 Å². The SMILES string of the molecule is COC(=O)C(C(N)=O)N(CCN1CCN(Cc2ccccc2)CC1)c1ccc(C(=O)O)cc1[N+](=O)[O-]. The number of amides is 1. The summed E-state index contributed by atoms with van der Waals surface area (Å²) in [5.41, 5.74) is 5.76. The molecule has 2 aromatic carbocycles. The van der Waals surface area contributed by atoms with Crippen LogP contribution in [-0.2, 0) is 20.9 Å². The highest BCUT2D eigenvalue weighted by atomic mass is 16.6. The van der Waals surface area contributed by atoms with Gasteiger partial charge in [0, 0.05) is 51.9 Å². The van der Waals surface area contributed by atoms with Crippen LogP contribution in [-0.4, -0.2) is 90.1 Å². The summed E-state index contributed by atoms with van der Waals surface area (Å²) < 4.78 is 4.74. The molecule has 2 aromatic rings. The Hall–Kier alpha value is -4.03. The molecule has 0 radical (unpaired) electrons. The van der Waals surface area contributed by atoms with E-state index in [9.17, 15) is 29.6 Å². The third kappa shape index (κ3) is 6.55. The first kappa shape index (κ1) is 26.6. The highest BCUT2D eigenvalue weighted by Crippen LogP contribution is 2.31. The fourth-order valence-corrected chi connectivity index (χ4v) is 4.20. The summed E-state index contributed by atoms with van der Waals surface area (Å²) in [5, 5.41) is 21.0. The van der Waals surface area contributed by atoms with E-state index in [2.05, 4.69) is 21.9 Å². The molecule has 12 heteroatoms. The van der Waals surface area contributed by atoms with Gasteiger partial charge in [-0.1, -0.05) is 30.3 Å². The maximum absolute atomic E-state index is 12.4. The second-order valence-corrected chi connectivity index (χ2v) is 8.39.